The number of nitrogens with one attached hydrogen (secondary N) is 1. The predicted octanol–water partition coefficient (Wildman–Crippen LogP) is 5.02. The molecule has 5 heteroatoms. The lowest BCUT2D eigenvalue weighted by atomic mass is 9.83. The van der Waals surface area contributed by atoms with E-state index in [1.165, 1.54) is 4.88 Å². The van der Waals surface area contributed by atoms with E-state index in [-0.39, 0.29) is 11.3 Å². The Hall–Kier alpha value is -1.95. The van der Waals surface area contributed by atoms with Gasteiger partial charge in [0.1, 0.15) is 6.10 Å². The number of carbonyl (C=O) groups is 1. The van der Waals surface area contributed by atoms with E-state index >= 15 is 0 Å². The number of thiophene rings is 2. The maximum Gasteiger partial charge on any atom is 0.231 e. The van der Waals surface area contributed by atoms with Crippen molar-refractivity contribution < 1.29 is 9.90 Å². The number of hydrogen-bond donors (Lipinski definition) is 2. The van der Waals surface area contributed by atoms with Crippen LogP contribution in [0.4, 0.5) is 0 Å². The van der Waals surface area contributed by atoms with Gasteiger partial charge in [-0.1, -0.05) is 49.2 Å². The van der Waals surface area contributed by atoms with Crippen LogP contribution in [0.3, 0.4) is 0 Å². The van der Waals surface area contributed by atoms with Crippen molar-refractivity contribution in [1.29, 1.82) is 0 Å². The Kier molecular flexibility index (Phi) is 5.43. The van der Waals surface area contributed by atoms with Crippen molar-refractivity contribution in [3.05, 3.63) is 80.2 Å². The van der Waals surface area contributed by atoms with Crippen molar-refractivity contribution in [2.75, 3.05) is 0 Å². The van der Waals surface area contributed by atoms with E-state index in [4.69, 9.17) is 0 Å². The number of hydrogen-bond acceptors (Lipinski definition) is 4. The molecule has 1 aliphatic carbocycles. The van der Waals surface area contributed by atoms with Crippen molar-refractivity contribution in [2.45, 2.75) is 43.7 Å². The van der Waals surface area contributed by atoms with Crippen LogP contribution in [-0.4, -0.2) is 11.0 Å². The summed E-state index contributed by atoms with van der Waals surface area (Å²) in [6, 6.07) is 17.7. The van der Waals surface area contributed by atoms with Crippen LogP contribution in [0.25, 0.3) is 0 Å². The second kappa shape index (κ2) is 7.97. The minimum absolute atomic E-state index is 0.140. The molecule has 0 radical (unpaired) electrons. The van der Waals surface area contributed by atoms with Gasteiger partial charge in [-0.15, -0.1) is 22.7 Å². The van der Waals surface area contributed by atoms with Crippen LogP contribution in [-0.2, 0) is 16.8 Å². The SMILES string of the molecule is O=C(NCc1ccc(C(O)c2ccccc2)s1)C1(c2cccs2)CCCC1. The molecule has 0 bridgehead atoms. The van der Waals surface area contributed by atoms with Gasteiger partial charge in [-0.05, 0) is 42.0 Å². The zero-order valence-electron chi connectivity index (χ0n) is 15.1. The molecule has 0 saturated heterocycles. The Bertz CT molecular complexity index is 880. The molecule has 1 fully saturated rings. The monoisotopic (exact) mass is 397 g/mol. The second-order valence-corrected chi connectivity index (χ2v) is 9.21. The highest BCUT2D eigenvalue weighted by Gasteiger charge is 2.43. The summed E-state index contributed by atoms with van der Waals surface area (Å²) in [5, 5.41) is 15.8. The minimum Gasteiger partial charge on any atom is -0.383 e. The lowest BCUT2D eigenvalue weighted by Gasteiger charge is -2.26. The standard InChI is InChI=1S/C22H23NO2S2/c24-20(16-7-2-1-3-8-16)18-11-10-17(27-18)15-23-21(25)22(12-4-5-13-22)19-9-6-14-26-19/h1-3,6-11,14,20,24H,4-5,12-13,15H2,(H,23,25). The van der Waals surface area contributed by atoms with Crippen molar-refractivity contribution in [3.63, 3.8) is 0 Å². The first-order valence-electron chi connectivity index (χ1n) is 9.33. The Labute approximate surface area is 167 Å². The number of rotatable bonds is 6. The van der Waals surface area contributed by atoms with E-state index in [1.54, 1.807) is 22.7 Å². The van der Waals surface area contributed by atoms with E-state index in [0.29, 0.717) is 6.54 Å². The molecule has 0 aliphatic heterocycles. The number of carbonyl (C=O) groups excluding carboxylic acids is 1. The molecule has 2 heterocycles. The fourth-order valence-corrected chi connectivity index (χ4v) is 5.84. The molecule has 3 aromatic rings. The summed E-state index contributed by atoms with van der Waals surface area (Å²) >= 11 is 3.24. The molecular weight excluding hydrogens is 374 g/mol. The largest absolute Gasteiger partial charge is 0.383 e. The summed E-state index contributed by atoms with van der Waals surface area (Å²) in [7, 11) is 0. The molecule has 1 amide bonds. The fraction of sp³-hybridized carbons (Fsp3) is 0.318. The zero-order chi connectivity index (χ0) is 18.7. The average molecular weight is 398 g/mol. The van der Waals surface area contributed by atoms with E-state index in [0.717, 1.165) is 41.0 Å². The maximum absolute atomic E-state index is 13.1. The lowest BCUT2D eigenvalue weighted by Crippen LogP contribution is -2.41. The van der Waals surface area contributed by atoms with Gasteiger partial charge in [-0.2, -0.15) is 0 Å². The van der Waals surface area contributed by atoms with E-state index in [1.807, 2.05) is 48.5 Å². The Morgan fingerprint density at radius 1 is 1.07 bits per heavy atom. The first-order valence-corrected chi connectivity index (χ1v) is 11.0. The van der Waals surface area contributed by atoms with Gasteiger partial charge < -0.3 is 10.4 Å². The van der Waals surface area contributed by atoms with Gasteiger partial charge in [0.15, 0.2) is 0 Å². The van der Waals surface area contributed by atoms with Crippen LogP contribution in [0.1, 0.15) is 52.0 Å². The number of aliphatic hydroxyl groups excluding tert-OH is 1. The molecule has 140 valence electrons. The summed E-state index contributed by atoms with van der Waals surface area (Å²) in [5.74, 6) is 0.140. The van der Waals surface area contributed by atoms with E-state index in [2.05, 4.69) is 16.8 Å². The third-order valence-electron chi connectivity index (χ3n) is 5.38. The highest BCUT2D eigenvalue weighted by molar-refractivity contribution is 7.12. The van der Waals surface area contributed by atoms with Crippen molar-refractivity contribution in [3.8, 4) is 0 Å². The summed E-state index contributed by atoms with van der Waals surface area (Å²) < 4.78 is 0. The smallest absolute Gasteiger partial charge is 0.231 e. The molecule has 1 aliphatic rings. The summed E-state index contributed by atoms with van der Waals surface area (Å²) in [4.78, 5) is 16.2. The minimum atomic E-state index is -0.618. The fourth-order valence-electron chi connectivity index (χ4n) is 3.89. The molecule has 1 saturated carbocycles. The van der Waals surface area contributed by atoms with Gasteiger partial charge in [-0.3, -0.25) is 4.79 Å². The molecule has 27 heavy (non-hydrogen) atoms. The first kappa shape index (κ1) is 18.4. The van der Waals surface area contributed by atoms with Gasteiger partial charge in [0.05, 0.1) is 12.0 Å². The first-order chi connectivity index (χ1) is 13.2. The topological polar surface area (TPSA) is 49.3 Å². The highest BCUT2D eigenvalue weighted by atomic mass is 32.1. The Morgan fingerprint density at radius 2 is 1.85 bits per heavy atom. The number of amides is 1. The molecule has 1 atom stereocenters. The second-order valence-electron chi connectivity index (χ2n) is 7.07. The molecule has 3 nitrogen and oxygen atoms in total. The average Bonchev–Trinajstić information content (AvgIpc) is 3.47. The van der Waals surface area contributed by atoms with Gasteiger partial charge >= 0.3 is 0 Å². The summed E-state index contributed by atoms with van der Waals surface area (Å²) in [6.07, 6.45) is 3.46. The molecular formula is C22H23NO2S2. The van der Waals surface area contributed by atoms with Crippen molar-refractivity contribution in [1.82, 2.24) is 5.32 Å². The van der Waals surface area contributed by atoms with Crippen LogP contribution in [0.2, 0.25) is 0 Å². The van der Waals surface area contributed by atoms with Gasteiger partial charge in [-0.25, -0.2) is 0 Å². The van der Waals surface area contributed by atoms with Crippen LogP contribution < -0.4 is 5.32 Å². The lowest BCUT2D eigenvalue weighted by molar-refractivity contribution is -0.126. The van der Waals surface area contributed by atoms with Gasteiger partial charge in [0.25, 0.3) is 0 Å². The molecule has 4 rings (SSSR count). The number of benzene rings is 1. The summed E-state index contributed by atoms with van der Waals surface area (Å²) in [5.41, 5.74) is 0.537. The van der Waals surface area contributed by atoms with Crippen LogP contribution in [0.5, 0.6) is 0 Å². The third kappa shape index (κ3) is 3.72. The Morgan fingerprint density at radius 3 is 2.56 bits per heavy atom. The number of aliphatic hydroxyl groups is 1. The highest BCUT2D eigenvalue weighted by Crippen LogP contribution is 2.43. The normalized spacial score (nSPS) is 16.9. The van der Waals surface area contributed by atoms with Gasteiger partial charge in [0.2, 0.25) is 5.91 Å². The van der Waals surface area contributed by atoms with Crippen LogP contribution in [0.15, 0.2) is 60.0 Å². The molecule has 2 aromatic heterocycles. The molecule has 1 unspecified atom stereocenters. The van der Waals surface area contributed by atoms with E-state index < -0.39 is 6.10 Å². The van der Waals surface area contributed by atoms with Crippen molar-refractivity contribution in [2.24, 2.45) is 0 Å². The van der Waals surface area contributed by atoms with Crippen molar-refractivity contribution >= 4 is 28.6 Å². The van der Waals surface area contributed by atoms with Crippen LogP contribution in [0, 0.1) is 0 Å². The van der Waals surface area contributed by atoms with Crippen LogP contribution >= 0.6 is 22.7 Å². The molecule has 2 N–H and O–H groups in total. The summed E-state index contributed by atoms with van der Waals surface area (Å²) in [6.45, 7) is 0.512. The maximum atomic E-state index is 13.1. The molecule has 0 spiro atoms. The van der Waals surface area contributed by atoms with E-state index in [9.17, 15) is 9.90 Å². The zero-order valence-corrected chi connectivity index (χ0v) is 16.7. The van der Waals surface area contributed by atoms with Gasteiger partial charge in [0, 0.05) is 14.6 Å². The molecule has 1 aromatic carbocycles. The third-order valence-corrected chi connectivity index (χ3v) is 7.59. The predicted molar refractivity (Wildman–Crippen MR) is 111 cm³/mol. The quantitative estimate of drug-likeness (QED) is 0.614. The Balaban J connectivity index is 1.43.